The van der Waals surface area contributed by atoms with Gasteiger partial charge in [0.05, 0.1) is 19.3 Å². The maximum absolute atomic E-state index is 9.26. The molecule has 1 fully saturated rings. The third-order valence-electron chi connectivity index (χ3n) is 3.06. The molecule has 1 aromatic rings. The lowest BCUT2D eigenvalue weighted by molar-refractivity contribution is 0.264. The first-order chi connectivity index (χ1) is 7.36. The van der Waals surface area contributed by atoms with E-state index in [9.17, 15) is 10.2 Å². The molecule has 0 amide bonds. The van der Waals surface area contributed by atoms with Gasteiger partial charge in [0.15, 0.2) is 0 Å². The average Bonchev–Trinajstić information content (AvgIpc) is 2.76. The topological polar surface area (TPSA) is 43.7 Å². The predicted octanol–water partition coefficient (Wildman–Crippen LogP) is 1.14. The van der Waals surface area contributed by atoms with Crippen molar-refractivity contribution >= 4 is 5.69 Å². The van der Waals surface area contributed by atoms with Gasteiger partial charge in [0.25, 0.3) is 0 Å². The molecule has 1 unspecified atom stereocenters. The van der Waals surface area contributed by atoms with Crippen LogP contribution in [0.5, 0.6) is 0 Å². The zero-order chi connectivity index (χ0) is 10.7. The fourth-order valence-electron chi connectivity index (χ4n) is 2.27. The van der Waals surface area contributed by atoms with E-state index in [1.54, 1.807) is 0 Å². The lowest BCUT2D eigenvalue weighted by Crippen LogP contribution is -2.32. The summed E-state index contributed by atoms with van der Waals surface area (Å²) in [6, 6.07) is 8.07. The number of hydrogen-bond donors (Lipinski definition) is 2. The smallest absolute Gasteiger partial charge is 0.0702 e. The highest BCUT2D eigenvalue weighted by Crippen LogP contribution is 2.28. The summed E-state index contributed by atoms with van der Waals surface area (Å²) in [7, 11) is 0. The summed E-state index contributed by atoms with van der Waals surface area (Å²) < 4.78 is 0. The highest BCUT2D eigenvalue weighted by atomic mass is 16.3. The van der Waals surface area contributed by atoms with Gasteiger partial charge in [0.1, 0.15) is 0 Å². The predicted molar refractivity (Wildman–Crippen MR) is 59.8 cm³/mol. The number of hydrogen-bond acceptors (Lipinski definition) is 3. The Balaban J connectivity index is 2.27. The third-order valence-corrected chi connectivity index (χ3v) is 3.06. The number of anilines is 1. The van der Waals surface area contributed by atoms with E-state index in [1.807, 2.05) is 24.3 Å². The van der Waals surface area contributed by atoms with Gasteiger partial charge in [-0.05, 0) is 18.9 Å². The second-order valence-electron chi connectivity index (χ2n) is 3.96. The average molecular weight is 207 g/mol. The first-order valence-electron chi connectivity index (χ1n) is 5.43. The van der Waals surface area contributed by atoms with E-state index >= 15 is 0 Å². The molecule has 0 saturated carbocycles. The molecule has 15 heavy (non-hydrogen) atoms. The Kier molecular flexibility index (Phi) is 3.23. The van der Waals surface area contributed by atoms with Crippen LogP contribution in [0.2, 0.25) is 0 Å². The highest BCUT2D eigenvalue weighted by molar-refractivity contribution is 5.55. The summed E-state index contributed by atoms with van der Waals surface area (Å²) in [5.41, 5.74) is 2.01. The first kappa shape index (κ1) is 10.5. The number of benzene rings is 1. The molecule has 0 aliphatic carbocycles. The Morgan fingerprint density at radius 3 is 2.80 bits per heavy atom. The van der Waals surface area contributed by atoms with Crippen LogP contribution < -0.4 is 4.90 Å². The van der Waals surface area contributed by atoms with Crippen molar-refractivity contribution in [2.75, 3.05) is 18.1 Å². The second kappa shape index (κ2) is 4.64. The van der Waals surface area contributed by atoms with E-state index in [-0.39, 0.29) is 19.3 Å². The van der Waals surface area contributed by atoms with Crippen LogP contribution in [0.15, 0.2) is 24.3 Å². The molecule has 3 heteroatoms. The molecule has 2 rings (SSSR count). The standard InChI is InChI=1S/C12H17NO2/c14-8-10-4-1-2-6-12(10)13-7-3-5-11(13)9-15/h1-2,4,6,11,14-15H,3,5,7-9H2. The van der Waals surface area contributed by atoms with Crippen LogP contribution in [0.3, 0.4) is 0 Å². The molecule has 0 bridgehead atoms. The number of para-hydroxylation sites is 1. The van der Waals surface area contributed by atoms with Gasteiger partial charge in [-0.2, -0.15) is 0 Å². The molecular weight excluding hydrogens is 190 g/mol. The van der Waals surface area contributed by atoms with Gasteiger partial charge in [0.2, 0.25) is 0 Å². The Bertz CT molecular complexity index is 327. The summed E-state index contributed by atoms with van der Waals surface area (Å²) >= 11 is 0. The minimum atomic E-state index is 0.0603. The second-order valence-corrected chi connectivity index (χ2v) is 3.96. The van der Waals surface area contributed by atoms with Gasteiger partial charge >= 0.3 is 0 Å². The van der Waals surface area contributed by atoms with Crippen molar-refractivity contribution < 1.29 is 10.2 Å². The van der Waals surface area contributed by atoms with Crippen molar-refractivity contribution in [1.29, 1.82) is 0 Å². The molecule has 1 heterocycles. The summed E-state index contributed by atoms with van der Waals surface area (Å²) in [6.45, 7) is 1.23. The summed E-state index contributed by atoms with van der Waals surface area (Å²) in [4.78, 5) is 2.20. The zero-order valence-corrected chi connectivity index (χ0v) is 8.76. The molecule has 0 aromatic heterocycles. The molecule has 0 radical (unpaired) electrons. The molecule has 1 aromatic carbocycles. The van der Waals surface area contributed by atoms with E-state index in [0.29, 0.717) is 0 Å². The number of aliphatic hydroxyl groups is 2. The molecular formula is C12H17NO2. The number of rotatable bonds is 3. The molecule has 0 spiro atoms. The molecule has 2 N–H and O–H groups in total. The van der Waals surface area contributed by atoms with Crippen LogP contribution in [-0.2, 0) is 6.61 Å². The molecule has 1 saturated heterocycles. The van der Waals surface area contributed by atoms with Crippen molar-refractivity contribution in [3.63, 3.8) is 0 Å². The SMILES string of the molecule is OCc1ccccc1N1CCCC1CO. The number of aliphatic hydroxyl groups excluding tert-OH is 2. The monoisotopic (exact) mass is 207 g/mol. The van der Waals surface area contributed by atoms with Crippen LogP contribution in [0, 0.1) is 0 Å². The maximum atomic E-state index is 9.26. The van der Waals surface area contributed by atoms with Gasteiger partial charge < -0.3 is 15.1 Å². The van der Waals surface area contributed by atoms with Crippen LogP contribution in [-0.4, -0.2) is 29.4 Å². The van der Waals surface area contributed by atoms with Crippen molar-refractivity contribution in [1.82, 2.24) is 0 Å². The summed E-state index contributed by atoms with van der Waals surface area (Å²) in [6.07, 6.45) is 2.15. The Morgan fingerprint density at radius 2 is 2.07 bits per heavy atom. The Morgan fingerprint density at radius 1 is 1.27 bits per heavy atom. The van der Waals surface area contributed by atoms with Gasteiger partial charge in [-0.15, -0.1) is 0 Å². The zero-order valence-electron chi connectivity index (χ0n) is 8.76. The molecule has 82 valence electrons. The van der Waals surface area contributed by atoms with Gasteiger partial charge in [-0.1, -0.05) is 18.2 Å². The molecule has 1 aliphatic heterocycles. The van der Waals surface area contributed by atoms with Crippen molar-refractivity contribution in [2.24, 2.45) is 0 Å². The molecule has 1 aliphatic rings. The highest BCUT2D eigenvalue weighted by Gasteiger charge is 2.25. The minimum Gasteiger partial charge on any atom is -0.394 e. The van der Waals surface area contributed by atoms with Crippen molar-refractivity contribution in [2.45, 2.75) is 25.5 Å². The lowest BCUT2D eigenvalue weighted by atomic mass is 10.1. The van der Waals surface area contributed by atoms with E-state index in [0.717, 1.165) is 30.6 Å². The van der Waals surface area contributed by atoms with E-state index in [4.69, 9.17) is 0 Å². The normalized spacial score (nSPS) is 20.9. The fourth-order valence-corrected chi connectivity index (χ4v) is 2.27. The fraction of sp³-hybridized carbons (Fsp3) is 0.500. The lowest BCUT2D eigenvalue weighted by Gasteiger charge is -2.27. The van der Waals surface area contributed by atoms with Crippen molar-refractivity contribution in [3.8, 4) is 0 Å². The van der Waals surface area contributed by atoms with Crippen LogP contribution in [0.25, 0.3) is 0 Å². The van der Waals surface area contributed by atoms with E-state index < -0.39 is 0 Å². The van der Waals surface area contributed by atoms with E-state index in [1.165, 1.54) is 0 Å². The summed E-state index contributed by atoms with van der Waals surface area (Å²) in [5.74, 6) is 0. The van der Waals surface area contributed by atoms with E-state index in [2.05, 4.69) is 4.90 Å². The van der Waals surface area contributed by atoms with Crippen LogP contribution >= 0.6 is 0 Å². The van der Waals surface area contributed by atoms with Crippen molar-refractivity contribution in [3.05, 3.63) is 29.8 Å². The van der Waals surface area contributed by atoms with Gasteiger partial charge in [-0.3, -0.25) is 0 Å². The third kappa shape index (κ3) is 1.98. The molecule has 1 atom stereocenters. The maximum Gasteiger partial charge on any atom is 0.0702 e. The van der Waals surface area contributed by atoms with Gasteiger partial charge in [0, 0.05) is 17.8 Å². The largest absolute Gasteiger partial charge is 0.394 e. The number of nitrogens with zero attached hydrogens (tertiary/aromatic N) is 1. The quantitative estimate of drug-likeness (QED) is 0.781. The Hall–Kier alpha value is -1.06. The minimum absolute atomic E-state index is 0.0603. The van der Waals surface area contributed by atoms with Crippen LogP contribution in [0.4, 0.5) is 5.69 Å². The molecule has 3 nitrogen and oxygen atoms in total. The first-order valence-corrected chi connectivity index (χ1v) is 5.43. The summed E-state index contributed by atoms with van der Waals surface area (Å²) in [5, 5.41) is 18.5. The van der Waals surface area contributed by atoms with Crippen LogP contribution in [0.1, 0.15) is 18.4 Å². The van der Waals surface area contributed by atoms with Gasteiger partial charge in [-0.25, -0.2) is 0 Å². The Labute approximate surface area is 90.0 Å².